The average Bonchev–Trinajstić information content (AvgIpc) is 2.32. The van der Waals surface area contributed by atoms with Crippen molar-refractivity contribution in [1.82, 2.24) is 0 Å². The van der Waals surface area contributed by atoms with Crippen LogP contribution in [0.1, 0.15) is 6.42 Å². The quantitative estimate of drug-likeness (QED) is 0.405. The van der Waals surface area contributed by atoms with E-state index in [0.717, 1.165) is 0 Å². The first kappa shape index (κ1) is 16.5. The zero-order chi connectivity index (χ0) is 14.7. The van der Waals surface area contributed by atoms with Crippen molar-refractivity contribution in [2.75, 3.05) is 26.4 Å². The molecule has 0 aromatic heterocycles. The molecule has 0 amide bonds. The number of esters is 2. The second-order valence-corrected chi connectivity index (χ2v) is 2.90. The third-order valence-electron chi connectivity index (χ3n) is 1.44. The largest absolute Gasteiger partial charge is 0.505 e. The molecule has 1 saturated heterocycles. The van der Waals surface area contributed by atoms with Crippen LogP contribution in [0.2, 0.25) is 0 Å². The van der Waals surface area contributed by atoms with Crippen LogP contribution >= 0.6 is 0 Å². The van der Waals surface area contributed by atoms with Crippen molar-refractivity contribution in [2.24, 2.45) is 0 Å². The van der Waals surface area contributed by atoms with Gasteiger partial charge in [0.05, 0.1) is 13.2 Å². The van der Waals surface area contributed by atoms with Crippen molar-refractivity contribution in [1.29, 1.82) is 0 Å². The fraction of sp³-hybridized carbons (Fsp3) is 0.556. The van der Waals surface area contributed by atoms with Crippen LogP contribution in [0.3, 0.4) is 0 Å². The summed E-state index contributed by atoms with van der Waals surface area (Å²) in [5.74, 6) is -0.964. The van der Waals surface area contributed by atoms with Crippen molar-refractivity contribution in [3.63, 3.8) is 0 Å². The van der Waals surface area contributed by atoms with E-state index in [1.54, 1.807) is 0 Å². The average molecular weight is 280 g/mol. The van der Waals surface area contributed by atoms with Crippen LogP contribution in [-0.4, -0.2) is 60.9 Å². The summed E-state index contributed by atoms with van der Waals surface area (Å²) in [6, 6.07) is 0. The van der Waals surface area contributed by atoms with Gasteiger partial charge in [0.25, 0.3) is 0 Å². The number of carbonyl (C=O) groups is 4. The van der Waals surface area contributed by atoms with Gasteiger partial charge in [0.2, 0.25) is 0 Å². The Morgan fingerprint density at radius 1 is 0.947 bits per heavy atom. The molecule has 1 aliphatic rings. The standard InChI is InChI=1S/C5H8O6.C4H4O4/c6-4(7)10-2-1-3-11-5(8)9;5-3-1-7-4(6)2-8-3/h1-3H2,(H,6,7)(H,8,9);1-2H2. The minimum atomic E-state index is -1.37. The van der Waals surface area contributed by atoms with Gasteiger partial charge in [0.15, 0.2) is 13.2 Å². The number of hydrogen-bond acceptors (Lipinski definition) is 8. The SMILES string of the molecule is O=C(O)OCCCOC(=O)O.O=C1COC(=O)CO1. The van der Waals surface area contributed by atoms with Gasteiger partial charge in [-0.05, 0) is 0 Å². The van der Waals surface area contributed by atoms with E-state index < -0.39 is 24.2 Å². The fourth-order valence-electron chi connectivity index (χ4n) is 0.740. The lowest BCUT2D eigenvalue weighted by molar-refractivity contribution is -0.174. The summed E-state index contributed by atoms with van der Waals surface area (Å²) in [4.78, 5) is 39.7. The Bertz CT molecular complexity index is 292. The first-order valence-corrected chi connectivity index (χ1v) is 4.94. The smallest absolute Gasteiger partial charge is 0.451 e. The van der Waals surface area contributed by atoms with E-state index in [9.17, 15) is 19.2 Å². The Morgan fingerprint density at radius 3 is 1.58 bits per heavy atom. The Hall–Kier alpha value is -2.52. The van der Waals surface area contributed by atoms with Gasteiger partial charge in [-0.2, -0.15) is 0 Å². The molecule has 0 unspecified atom stereocenters. The van der Waals surface area contributed by atoms with Gasteiger partial charge >= 0.3 is 24.2 Å². The highest BCUT2D eigenvalue weighted by Gasteiger charge is 2.16. The summed E-state index contributed by atoms with van der Waals surface area (Å²) >= 11 is 0. The molecular formula is C9H12O10. The molecule has 0 aromatic carbocycles. The lowest BCUT2D eigenvalue weighted by Gasteiger charge is -2.09. The molecule has 0 bridgehead atoms. The number of hydrogen-bond donors (Lipinski definition) is 2. The van der Waals surface area contributed by atoms with Crippen LogP contribution < -0.4 is 0 Å². The molecular weight excluding hydrogens is 268 g/mol. The van der Waals surface area contributed by atoms with Crippen LogP contribution in [0.4, 0.5) is 9.59 Å². The van der Waals surface area contributed by atoms with Crippen molar-refractivity contribution < 1.29 is 48.3 Å². The molecule has 0 aromatic rings. The highest BCUT2D eigenvalue weighted by Crippen LogP contribution is 1.90. The van der Waals surface area contributed by atoms with E-state index in [2.05, 4.69) is 18.9 Å². The maximum atomic E-state index is 10.1. The molecule has 0 spiro atoms. The second-order valence-electron chi connectivity index (χ2n) is 2.90. The van der Waals surface area contributed by atoms with Crippen molar-refractivity contribution in [3.8, 4) is 0 Å². The monoisotopic (exact) mass is 280 g/mol. The summed E-state index contributed by atoms with van der Waals surface area (Å²) < 4.78 is 16.7. The topological polar surface area (TPSA) is 146 Å². The molecule has 19 heavy (non-hydrogen) atoms. The van der Waals surface area contributed by atoms with Gasteiger partial charge in [0, 0.05) is 6.42 Å². The number of cyclic esters (lactones) is 2. The van der Waals surface area contributed by atoms with Gasteiger partial charge < -0.3 is 29.2 Å². The normalized spacial score (nSPS) is 13.3. The van der Waals surface area contributed by atoms with Crippen LogP contribution in [0.15, 0.2) is 0 Å². The molecule has 2 N–H and O–H groups in total. The minimum Gasteiger partial charge on any atom is -0.451 e. The zero-order valence-electron chi connectivity index (χ0n) is 9.70. The van der Waals surface area contributed by atoms with Crippen molar-refractivity contribution >= 4 is 24.2 Å². The summed E-state index contributed by atoms with van der Waals surface area (Å²) in [7, 11) is 0. The molecule has 1 aliphatic heterocycles. The number of rotatable bonds is 4. The van der Waals surface area contributed by atoms with Gasteiger partial charge in [-0.25, -0.2) is 19.2 Å². The Kier molecular flexibility index (Phi) is 8.24. The highest BCUT2D eigenvalue weighted by molar-refractivity contribution is 5.82. The van der Waals surface area contributed by atoms with Gasteiger partial charge in [0.1, 0.15) is 0 Å². The number of carbonyl (C=O) groups excluding carboxylic acids is 2. The molecule has 1 rings (SSSR count). The van der Waals surface area contributed by atoms with Crippen molar-refractivity contribution in [3.05, 3.63) is 0 Å². The molecule has 1 fully saturated rings. The van der Waals surface area contributed by atoms with Crippen LogP contribution in [0.5, 0.6) is 0 Å². The minimum absolute atomic E-state index is 0.0530. The van der Waals surface area contributed by atoms with Crippen LogP contribution in [0, 0.1) is 0 Å². The summed E-state index contributed by atoms with van der Waals surface area (Å²) in [6.07, 6.45) is -2.51. The van der Waals surface area contributed by atoms with Crippen LogP contribution in [0.25, 0.3) is 0 Å². The Labute approximate surface area is 106 Å². The van der Waals surface area contributed by atoms with Gasteiger partial charge in [-0.1, -0.05) is 0 Å². The first-order chi connectivity index (χ1) is 8.91. The lowest BCUT2D eigenvalue weighted by atomic mass is 10.5. The van der Waals surface area contributed by atoms with E-state index in [-0.39, 0.29) is 32.8 Å². The molecule has 108 valence electrons. The summed E-state index contributed by atoms with van der Waals surface area (Å²) in [5.41, 5.74) is 0. The van der Waals surface area contributed by atoms with E-state index in [0.29, 0.717) is 0 Å². The molecule has 10 heteroatoms. The third kappa shape index (κ3) is 11.7. The third-order valence-corrected chi connectivity index (χ3v) is 1.44. The van der Waals surface area contributed by atoms with Crippen molar-refractivity contribution in [2.45, 2.75) is 6.42 Å². The fourth-order valence-corrected chi connectivity index (χ4v) is 0.740. The molecule has 0 atom stereocenters. The van der Waals surface area contributed by atoms with Gasteiger partial charge in [-0.3, -0.25) is 0 Å². The number of carboxylic acid groups (broad SMARTS) is 2. The predicted molar refractivity (Wildman–Crippen MR) is 54.5 cm³/mol. The second kappa shape index (κ2) is 9.50. The van der Waals surface area contributed by atoms with Crippen LogP contribution in [-0.2, 0) is 28.5 Å². The van der Waals surface area contributed by atoms with Gasteiger partial charge in [-0.15, -0.1) is 0 Å². The van der Waals surface area contributed by atoms with E-state index in [1.807, 2.05) is 0 Å². The zero-order valence-corrected chi connectivity index (χ0v) is 9.70. The molecule has 1 heterocycles. The first-order valence-electron chi connectivity index (χ1n) is 4.94. The summed E-state index contributed by atoms with van der Waals surface area (Å²) in [5, 5.41) is 15.9. The Balaban J connectivity index is 0.000000356. The van der Waals surface area contributed by atoms with E-state index in [4.69, 9.17) is 10.2 Å². The maximum Gasteiger partial charge on any atom is 0.505 e. The highest BCUT2D eigenvalue weighted by atomic mass is 16.7. The molecule has 0 saturated carbocycles. The molecule has 0 radical (unpaired) electrons. The maximum absolute atomic E-state index is 10.1. The Morgan fingerprint density at radius 2 is 1.32 bits per heavy atom. The summed E-state index contributed by atoms with van der Waals surface area (Å²) in [6.45, 7) is -0.580. The predicted octanol–water partition coefficient (Wildman–Crippen LogP) is -0.148. The molecule has 10 nitrogen and oxygen atoms in total. The van der Waals surface area contributed by atoms with E-state index >= 15 is 0 Å². The van der Waals surface area contributed by atoms with E-state index in [1.165, 1.54) is 0 Å². The lowest BCUT2D eigenvalue weighted by Crippen LogP contribution is -2.27. The molecule has 0 aliphatic carbocycles. The number of ether oxygens (including phenoxy) is 4.